The molecule has 0 aromatic heterocycles. The van der Waals surface area contributed by atoms with Crippen molar-refractivity contribution in [3.8, 4) is 0 Å². The summed E-state index contributed by atoms with van der Waals surface area (Å²) in [5.74, 6) is 0.665. The number of hydrazine groups is 3. The lowest BCUT2D eigenvalue weighted by molar-refractivity contribution is -0.0617. The lowest BCUT2D eigenvalue weighted by atomic mass is 10.5. The van der Waals surface area contributed by atoms with Gasteiger partial charge in [0, 0.05) is 13.1 Å². The Morgan fingerprint density at radius 1 is 1.29 bits per heavy atom. The normalized spacial score (nSPS) is 17.0. The Hall–Kier alpha value is -1.92. The summed E-state index contributed by atoms with van der Waals surface area (Å²) in [5, 5.41) is 7.69. The van der Waals surface area contributed by atoms with Gasteiger partial charge in [0.2, 0.25) is 0 Å². The highest BCUT2D eigenvalue weighted by atomic mass is 16.0. The van der Waals surface area contributed by atoms with Crippen LogP contribution in [0.25, 0.3) is 0 Å². The van der Waals surface area contributed by atoms with Gasteiger partial charge in [0.25, 0.3) is 0 Å². The Balaban J connectivity index is 2.59. The highest BCUT2D eigenvalue weighted by Crippen LogP contribution is 1.97. The predicted molar refractivity (Wildman–Crippen MR) is 71.1 cm³/mol. The summed E-state index contributed by atoms with van der Waals surface area (Å²) in [6.45, 7) is 12.9. The number of rotatable bonds is 7. The standard InChI is InChI=1S/C11H18N6/c1-4-7-12-11-10-13-17(15-14-11)16(8-5-2)9-6-3/h4-6,10,15H,1-3,7-9H2,(H,12,14). The molecule has 2 N–H and O–H groups in total. The number of hydrogen-bond acceptors (Lipinski definition) is 5. The van der Waals surface area contributed by atoms with Crippen LogP contribution in [0.5, 0.6) is 0 Å². The highest BCUT2D eigenvalue weighted by molar-refractivity contribution is 6.29. The van der Waals surface area contributed by atoms with Crippen LogP contribution in [0.3, 0.4) is 0 Å². The minimum Gasteiger partial charge on any atom is -0.284 e. The zero-order valence-corrected chi connectivity index (χ0v) is 9.84. The van der Waals surface area contributed by atoms with Gasteiger partial charge < -0.3 is 0 Å². The molecule has 0 bridgehead atoms. The molecule has 0 unspecified atom stereocenters. The monoisotopic (exact) mass is 234 g/mol. The second-order valence-corrected chi connectivity index (χ2v) is 3.23. The van der Waals surface area contributed by atoms with Gasteiger partial charge in [-0.05, 0) is 0 Å². The molecule has 1 rings (SSSR count). The summed E-state index contributed by atoms with van der Waals surface area (Å²) in [7, 11) is 0. The first-order chi connectivity index (χ1) is 8.31. The third-order valence-corrected chi connectivity index (χ3v) is 1.91. The fourth-order valence-corrected chi connectivity index (χ4v) is 1.19. The van der Waals surface area contributed by atoms with Gasteiger partial charge in [-0.15, -0.1) is 35.6 Å². The quantitative estimate of drug-likeness (QED) is 0.629. The van der Waals surface area contributed by atoms with Crippen molar-refractivity contribution in [3.05, 3.63) is 38.0 Å². The molecule has 0 spiro atoms. The third kappa shape index (κ3) is 4.21. The number of amidine groups is 1. The third-order valence-electron chi connectivity index (χ3n) is 1.91. The van der Waals surface area contributed by atoms with Crippen molar-refractivity contribution in [2.75, 3.05) is 19.6 Å². The molecule has 1 aliphatic heterocycles. The van der Waals surface area contributed by atoms with Gasteiger partial charge in [0.05, 0.1) is 12.8 Å². The Labute approximate surface area is 102 Å². The molecule has 0 saturated heterocycles. The second kappa shape index (κ2) is 7.37. The van der Waals surface area contributed by atoms with Crippen molar-refractivity contribution in [1.29, 1.82) is 0 Å². The fourth-order valence-electron chi connectivity index (χ4n) is 1.19. The van der Waals surface area contributed by atoms with Gasteiger partial charge in [-0.3, -0.25) is 10.4 Å². The molecular weight excluding hydrogens is 216 g/mol. The number of nitrogens with one attached hydrogen (secondary N) is 2. The van der Waals surface area contributed by atoms with Crippen LogP contribution in [0, 0.1) is 0 Å². The number of hydrazone groups is 1. The van der Waals surface area contributed by atoms with Gasteiger partial charge >= 0.3 is 0 Å². The summed E-state index contributed by atoms with van der Waals surface area (Å²) in [6, 6.07) is 0. The summed E-state index contributed by atoms with van der Waals surface area (Å²) in [6.07, 6.45) is 6.94. The first-order valence-corrected chi connectivity index (χ1v) is 5.29. The molecule has 0 saturated carbocycles. The van der Waals surface area contributed by atoms with Gasteiger partial charge in [-0.1, -0.05) is 18.2 Å². The van der Waals surface area contributed by atoms with Crippen LogP contribution in [0.4, 0.5) is 0 Å². The molecule has 0 atom stereocenters. The van der Waals surface area contributed by atoms with Crippen molar-refractivity contribution in [2.24, 2.45) is 10.1 Å². The largest absolute Gasteiger partial charge is 0.284 e. The van der Waals surface area contributed by atoms with Crippen molar-refractivity contribution in [3.63, 3.8) is 0 Å². The van der Waals surface area contributed by atoms with Crippen LogP contribution < -0.4 is 11.0 Å². The first kappa shape index (κ1) is 13.1. The van der Waals surface area contributed by atoms with E-state index in [9.17, 15) is 0 Å². The van der Waals surface area contributed by atoms with E-state index in [1.807, 2.05) is 5.01 Å². The van der Waals surface area contributed by atoms with Crippen LogP contribution >= 0.6 is 0 Å². The van der Waals surface area contributed by atoms with E-state index in [0.29, 0.717) is 25.5 Å². The molecule has 6 nitrogen and oxygen atoms in total. The maximum Gasteiger partial charge on any atom is 0.157 e. The van der Waals surface area contributed by atoms with E-state index < -0.39 is 0 Å². The van der Waals surface area contributed by atoms with Crippen molar-refractivity contribution >= 4 is 12.1 Å². The molecule has 92 valence electrons. The van der Waals surface area contributed by atoms with Crippen LogP contribution in [0.2, 0.25) is 0 Å². The molecule has 1 aliphatic rings. The maximum atomic E-state index is 4.20. The SMILES string of the molecule is C=CCN=C1C=NN(N(CC=C)CC=C)NN1. The van der Waals surface area contributed by atoms with Gasteiger partial charge in [0.1, 0.15) is 0 Å². The molecule has 1 heterocycles. The average molecular weight is 234 g/mol. The molecule has 0 fully saturated rings. The zero-order valence-electron chi connectivity index (χ0n) is 9.84. The Bertz CT molecular complexity index is 323. The molecule has 0 radical (unpaired) electrons. The van der Waals surface area contributed by atoms with Crippen molar-refractivity contribution in [2.45, 2.75) is 0 Å². The van der Waals surface area contributed by atoms with Crippen LogP contribution in [-0.4, -0.2) is 41.9 Å². The van der Waals surface area contributed by atoms with Crippen LogP contribution in [0.1, 0.15) is 0 Å². The predicted octanol–water partition coefficient (Wildman–Crippen LogP) is 0.471. The van der Waals surface area contributed by atoms with E-state index in [4.69, 9.17) is 0 Å². The Morgan fingerprint density at radius 3 is 2.47 bits per heavy atom. The van der Waals surface area contributed by atoms with Gasteiger partial charge in [-0.25, -0.2) is 0 Å². The lowest BCUT2D eigenvalue weighted by Gasteiger charge is -2.32. The van der Waals surface area contributed by atoms with E-state index >= 15 is 0 Å². The summed E-state index contributed by atoms with van der Waals surface area (Å²) < 4.78 is 0. The lowest BCUT2D eigenvalue weighted by Crippen LogP contribution is -2.58. The Morgan fingerprint density at radius 2 is 2.00 bits per heavy atom. The molecule has 0 aliphatic carbocycles. The van der Waals surface area contributed by atoms with Gasteiger partial charge in [-0.2, -0.15) is 5.01 Å². The smallest absolute Gasteiger partial charge is 0.157 e. The van der Waals surface area contributed by atoms with Gasteiger partial charge in [0.15, 0.2) is 5.84 Å². The number of hydrogen-bond donors (Lipinski definition) is 2. The zero-order chi connectivity index (χ0) is 12.5. The molecule has 0 aromatic carbocycles. The fraction of sp³-hybridized carbons (Fsp3) is 0.273. The first-order valence-electron chi connectivity index (χ1n) is 5.29. The summed E-state index contributed by atoms with van der Waals surface area (Å²) >= 11 is 0. The van der Waals surface area contributed by atoms with Crippen LogP contribution in [0.15, 0.2) is 48.1 Å². The molecule has 0 amide bonds. The van der Waals surface area contributed by atoms with Crippen molar-refractivity contribution < 1.29 is 0 Å². The van der Waals surface area contributed by atoms with E-state index in [0.717, 1.165) is 0 Å². The Kier molecular flexibility index (Phi) is 5.70. The van der Waals surface area contributed by atoms with Crippen LogP contribution in [-0.2, 0) is 0 Å². The topological polar surface area (TPSA) is 55.3 Å². The maximum absolute atomic E-state index is 4.20. The molecule has 6 heteroatoms. The summed E-state index contributed by atoms with van der Waals surface area (Å²) in [5.41, 5.74) is 5.82. The number of nitrogens with zero attached hydrogens (tertiary/aromatic N) is 4. The van der Waals surface area contributed by atoms with E-state index in [2.05, 4.69) is 40.8 Å². The van der Waals surface area contributed by atoms with Crippen molar-refractivity contribution in [1.82, 2.24) is 21.2 Å². The van der Waals surface area contributed by atoms with E-state index in [1.165, 1.54) is 0 Å². The minimum atomic E-state index is 0.555. The molecular formula is C11H18N6. The number of aliphatic imine (C=N–C) groups is 1. The van der Waals surface area contributed by atoms with E-state index in [1.54, 1.807) is 29.7 Å². The van der Waals surface area contributed by atoms with E-state index in [-0.39, 0.29) is 0 Å². The summed E-state index contributed by atoms with van der Waals surface area (Å²) in [4.78, 5) is 4.18. The molecule has 0 aromatic rings. The highest BCUT2D eigenvalue weighted by Gasteiger charge is 2.13. The minimum absolute atomic E-state index is 0.555. The molecule has 17 heavy (non-hydrogen) atoms. The second-order valence-electron chi connectivity index (χ2n) is 3.23. The average Bonchev–Trinajstić information content (AvgIpc) is 2.37.